The minimum absolute atomic E-state index is 0.0434. The molecule has 0 aromatic heterocycles. The van der Waals surface area contributed by atoms with E-state index in [0.29, 0.717) is 30.1 Å². The number of aliphatic carboxylic acids is 1. The molecule has 1 aliphatic heterocycles. The maximum absolute atomic E-state index is 11.1. The number of benzene rings is 1. The number of rotatable bonds is 3. The number of hydrogen-bond donors (Lipinski definition) is 1. The number of hydrogen-bond acceptors (Lipinski definition) is 4. The van der Waals surface area contributed by atoms with E-state index in [1.807, 2.05) is 11.8 Å². The van der Waals surface area contributed by atoms with Gasteiger partial charge in [0.05, 0.1) is 10.8 Å². The molecule has 1 saturated heterocycles. The molecule has 7 heteroatoms. The van der Waals surface area contributed by atoms with E-state index < -0.39 is 10.9 Å². The van der Waals surface area contributed by atoms with Gasteiger partial charge in [-0.25, -0.2) is 0 Å². The molecule has 2 unspecified atom stereocenters. The van der Waals surface area contributed by atoms with Crippen molar-refractivity contribution >= 4 is 28.9 Å². The lowest BCUT2D eigenvalue weighted by molar-refractivity contribution is -0.384. The molecule has 1 fully saturated rings. The lowest BCUT2D eigenvalue weighted by atomic mass is 9.91. The Morgan fingerprint density at radius 3 is 2.80 bits per heavy atom. The third kappa shape index (κ3) is 2.85. The van der Waals surface area contributed by atoms with Crippen LogP contribution in [0.3, 0.4) is 0 Å². The molecule has 0 spiro atoms. The molecular formula is C13H15ClN2O4. The normalized spacial score (nSPS) is 22.6. The second kappa shape index (κ2) is 5.66. The van der Waals surface area contributed by atoms with E-state index in [2.05, 4.69) is 0 Å². The van der Waals surface area contributed by atoms with Gasteiger partial charge in [-0.2, -0.15) is 0 Å². The fraction of sp³-hybridized carbons (Fsp3) is 0.462. The van der Waals surface area contributed by atoms with Crippen LogP contribution in [0.15, 0.2) is 18.2 Å². The van der Waals surface area contributed by atoms with Gasteiger partial charge in [-0.3, -0.25) is 14.9 Å². The second-order valence-electron chi connectivity index (χ2n) is 4.99. The zero-order valence-electron chi connectivity index (χ0n) is 11.0. The Labute approximate surface area is 121 Å². The van der Waals surface area contributed by atoms with Crippen LogP contribution in [0.25, 0.3) is 0 Å². The number of nitrogens with zero attached hydrogens (tertiary/aromatic N) is 2. The summed E-state index contributed by atoms with van der Waals surface area (Å²) >= 11 is 5.80. The molecule has 1 aromatic rings. The summed E-state index contributed by atoms with van der Waals surface area (Å²) in [5.41, 5.74) is 0.453. The highest BCUT2D eigenvalue weighted by Gasteiger charge is 2.32. The van der Waals surface area contributed by atoms with E-state index in [9.17, 15) is 14.9 Å². The maximum Gasteiger partial charge on any atom is 0.306 e. The second-order valence-corrected chi connectivity index (χ2v) is 5.43. The number of anilines is 1. The van der Waals surface area contributed by atoms with E-state index in [4.69, 9.17) is 16.7 Å². The third-order valence-electron chi connectivity index (χ3n) is 3.67. The predicted octanol–water partition coefficient (Wildman–Crippen LogP) is 2.94. The van der Waals surface area contributed by atoms with Gasteiger partial charge in [0.15, 0.2) is 0 Å². The van der Waals surface area contributed by atoms with Crippen LogP contribution in [0.2, 0.25) is 5.02 Å². The number of carbonyl (C=O) groups is 1. The zero-order valence-corrected chi connectivity index (χ0v) is 11.7. The summed E-state index contributed by atoms with van der Waals surface area (Å²) in [7, 11) is 0. The summed E-state index contributed by atoms with van der Waals surface area (Å²) in [6.45, 7) is 2.37. The SMILES string of the molecule is CC1CC(C(=O)O)CCN1c1ccc(Cl)cc1[N+](=O)[O-]. The molecule has 1 aromatic carbocycles. The number of carboxylic acids is 1. The number of piperidine rings is 1. The van der Waals surface area contributed by atoms with Crippen LogP contribution in [0.1, 0.15) is 19.8 Å². The Morgan fingerprint density at radius 2 is 2.25 bits per heavy atom. The van der Waals surface area contributed by atoms with Gasteiger partial charge in [0.25, 0.3) is 5.69 Å². The van der Waals surface area contributed by atoms with Crippen molar-refractivity contribution in [2.75, 3.05) is 11.4 Å². The molecule has 0 aliphatic carbocycles. The van der Waals surface area contributed by atoms with Crippen molar-refractivity contribution in [1.82, 2.24) is 0 Å². The van der Waals surface area contributed by atoms with Gasteiger partial charge in [-0.15, -0.1) is 0 Å². The molecule has 0 radical (unpaired) electrons. The number of nitro groups is 1. The monoisotopic (exact) mass is 298 g/mol. The van der Waals surface area contributed by atoms with E-state index in [0.717, 1.165) is 0 Å². The van der Waals surface area contributed by atoms with Crippen LogP contribution in [0.4, 0.5) is 11.4 Å². The Hall–Kier alpha value is -1.82. The van der Waals surface area contributed by atoms with Gasteiger partial charge in [0.1, 0.15) is 5.69 Å². The first-order valence-electron chi connectivity index (χ1n) is 6.33. The van der Waals surface area contributed by atoms with Crippen LogP contribution in [0, 0.1) is 16.0 Å². The summed E-state index contributed by atoms with van der Waals surface area (Å²) in [4.78, 5) is 23.6. The van der Waals surface area contributed by atoms with Gasteiger partial charge in [0, 0.05) is 23.7 Å². The van der Waals surface area contributed by atoms with Crippen molar-refractivity contribution in [1.29, 1.82) is 0 Å². The van der Waals surface area contributed by atoms with Crippen molar-refractivity contribution in [3.8, 4) is 0 Å². The molecule has 1 aliphatic rings. The summed E-state index contributed by atoms with van der Waals surface area (Å²) in [6.07, 6.45) is 0.967. The van der Waals surface area contributed by atoms with Gasteiger partial charge in [0.2, 0.25) is 0 Å². The molecule has 20 heavy (non-hydrogen) atoms. The van der Waals surface area contributed by atoms with Crippen LogP contribution >= 0.6 is 11.6 Å². The van der Waals surface area contributed by atoms with E-state index in [1.165, 1.54) is 6.07 Å². The van der Waals surface area contributed by atoms with Gasteiger partial charge >= 0.3 is 5.97 Å². The Balaban J connectivity index is 2.29. The van der Waals surface area contributed by atoms with Crippen LogP contribution < -0.4 is 4.90 Å². The molecule has 2 atom stereocenters. The lowest BCUT2D eigenvalue weighted by Gasteiger charge is -2.37. The first-order chi connectivity index (χ1) is 9.40. The topological polar surface area (TPSA) is 83.7 Å². The minimum atomic E-state index is -0.804. The van der Waals surface area contributed by atoms with E-state index in [1.54, 1.807) is 12.1 Å². The maximum atomic E-state index is 11.1. The molecule has 0 bridgehead atoms. The summed E-state index contributed by atoms with van der Waals surface area (Å²) in [5, 5.41) is 20.5. The standard InChI is InChI=1S/C13H15ClN2O4/c1-8-6-9(13(17)18)4-5-15(8)11-3-2-10(14)7-12(11)16(19)20/h2-3,7-9H,4-6H2,1H3,(H,17,18). The van der Waals surface area contributed by atoms with E-state index in [-0.39, 0.29) is 17.6 Å². The van der Waals surface area contributed by atoms with Crippen molar-refractivity contribution in [3.63, 3.8) is 0 Å². The van der Waals surface area contributed by atoms with Gasteiger partial charge in [-0.1, -0.05) is 11.6 Å². The van der Waals surface area contributed by atoms with Gasteiger partial charge in [-0.05, 0) is 31.9 Å². The molecule has 1 N–H and O–H groups in total. The molecular weight excluding hydrogens is 284 g/mol. The number of halogens is 1. The van der Waals surface area contributed by atoms with E-state index >= 15 is 0 Å². The molecule has 0 saturated carbocycles. The summed E-state index contributed by atoms with van der Waals surface area (Å²) in [5.74, 6) is -1.19. The van der Waals surface area contributed by atoms with Crippen molar-refractivity contribution < 1.29 is 14.8 Å². The van der Waals surface area contributed by atoms with Gasteiger partial charge < -0.3 is 10.0 Å². The highest BCUT2D eigenvalue weighted by Crippen LogP contribution is 2.35. The van der Waals surface area contributed by atoms with Crippen molar-refractivity contribution in [2.45, 2.75) is 25.8 Å². The smallest absolute Gasteiger partial charge is 0.306 e. The Kier molecular flexibility index (Phi) is 4.13. The average molecular weight is 299 g/mol. The molecule has 108 valence electrons. The molecule has 0 amide bonds. The number of carboxylic acid groups (broad SMARTS) is 1. The first kappa shape index (κ1) is 14.6. The summed E-state index contributed by atoms with van der Waals surface area (Å²) in [6, 6.07) is 4.50. The summed E-state index contributed by atoms with van der Waals surface area (Å²) < 4.78 is 0. The highest BCUT2D eigenvalue weighted by atomic mass is 35.5. The van der Waals surface area contributed by atoms with Crippen molar-refractivity contribution in [2.24, 2.45) is 5.92 Å². The lowest BCUT2D eigenvalue weighted by Crippen LogP contribution is -2.43. The largest absolute Gasteiger partial charge is 0.481 e. The highest BCUT2D eigenvalue weighted by molar-refractivity contribution is 6.30. The van der Waals surface area contributed by atoms with Crippen LogP contribution in [-0.4, -0.2) is 28.6 Å². The zero-order chi connectivity index (χ0) is 14.9. The molecule has 6 nitrogen and oxygen atoms in total. The third-order valence-corrected chi connectivity index (χ3v) is 3.90. The Bertz CT molecular complexity index is 549. The Morgan fingerprint density at radius 1 is 1.55 bits per heavy atom. The van der Waals surface area contributed by atoms with Crippen LogP contribution in [-0.2, 0) is 4.79 Å². The fourth-order valence-corrected chi connectivity index (χ4v) is 2.81. The quantitative estimate of drug-likeness (QED) is 0.685. The predicted molar refractivity (Wildman–Crippen MR) is 75.3 cm³/mol. The van der Waals surface area contributed by atoms with Crippen LogP contribution in [0.5, 0.6) is 0 Å². The first-order valence-corrected chi connectivity index (χ1v) is 6.71. The van der Waals surface area contributed by atoms with Crippen molar-refractivity contribution in [3.05, 3.63) is 33.3 Å². The minimum Gasteiger partial charge on any atom is -0.481 e. The number of nitro benzene ring substituents is 1. The fourth-order valence-electron chi connectivity index (χ4n) is 2.64. The molecule has 2 rings (SSSR count). The molecule has 1 heterocycles. The average Bonchev–Trinajstić information content (AvgIpc) is 2.38.